The van der Waals surface area contributed by atoms with Gasteiger partial charge in [-0.3, -0.25) is 4.79 Å². The Kier molecular flexibility index (Phi) is 6.32. The van der Waals surface area contributed by atoms with E-state index in [2.05, 4.69) is 0 Å². The molecule has 1 aliphatic heterocycles. The van der Waals surface area contributed by atoms with Crippen LogP contribution in [0, 0.1) is 0 Å². The molecule has 2 unspecified atom stereocenters. The van der Waals surface area contributed by atoms with Gasteiger partial charge < -0.3 is 25.1 Å². The number of carboxylic acid groups (broad SMARTS) is 1. The van der Waals surface area contributed by atoms with E-state index in [9.17, 15) is 4.79 Å². The first-order valence-corrected chi connectivity index (χ1v) is 5.49. The quantitative estimate of drug-likeness (QED) is 0.599. The minimum absolute atomic E-state index is 0.00418. The van der Waals surface area contributed by atoms with Crippen LogP contribution >= 0.6 is 0 Å². The Morgan fingerprint density at radius 1 is 1.50 bits per heavy atom. The largest absolute Gasteiger partial charge is 0.480 e. The van der Waals surface area contributed by atoms with E-state index < -0.39 is 12.0 Å². The predicted molar refractivity (Wildman–Crippen MR) is 56.0 cm³/mol. The maximum Gasteiger partial charge on any atom is 0.322 e. The monoisotopic (exact) mass is 233 g/mol. The van der Waals surface area contributed by atoms with E-state index in [0.717, 1.165) is 25.9 Å². The summed E-state index contributed by atoms with van der Waals surface area (Å²) in [7, 11) is 0. The van der Waals surface area contributed by atoms with Gasteiger partial charge in [0.25, 0.3) is 0 Å². The number of rotatable bonds is 7. The third-order valence-electron chi connectivity index (χ3n) is 2.28. The molecule has 1 fully saturated rings. The van der Waals surface area contributed by atoms with E-state index in [0.29, 0.717) is 13.2 Å². The summed E-state index contributed by atoms with van der Waals surface area (Å²) in [6, 6.07) is -0.967. The molecule has 16 heavy (non-hydrogen) atoms. The Balaban J connectivity index is 1.93. The van der Waals surface area contributed by atoms with Crippen molar-refractivity contribution in [3.63, 3.8) is 0 Å². The van der Waals surface area contributed by atoms with Crippen LogP contribution in [-0.4, -0.2) is 49.8 Å². The highest BCUT2D eigenvalue weighted by atomic mass is 16.7. The molecule has 0 aromatic heterocycles. The molecule has 1 aliphatic rings. The molecule has 1 rings (SSSR count). The number of carboxylic acids is 1. The van der Waals surface area contributed by atoms with Crippen LogP contribution in [-0.2, 0) is 19.0 Å². The Hall–Kier alpha value is -0.690. The van der Waals surface area contributed by atoms with Crippen molar-refractivity contribution in [1.29, 1.82) is 0 Å². The van der Waals surface area contributed by atoms with Crippen LogP contribution in [0.25, 0.3) is 0 Å². The normalized spacial score (nSPS) is 22.9. The molecule has 6 heteroatoms. The molecule has 0 spiro atoms. The van der Waals surface area contributed by atoms with Crippen LogP contribution in [0.15, 0.2) is 0 Å². The van der Waals surface area contributed by atoms with Gasteiger partial charge in [-0.15, -0.1) is 0 Å². The smallest absolute Gasteiger partial charge is 0.322 e. The van der Waals surface area contributed by atoms with Gasteiger partial charge >= 0.3 is 5.97 Å². The molecular weight excluding hydrogens is 214 g/mol. The lowest BCUT2D eigenvalue weighted by Gasteiger charge is -2.22. The van der Waals surface area contributed by atoms with Gasteiger partial charge in [0.2, 0.25) is 0 Å². The summed E-state index contributed by atoms with van der Waals surface area (Å²) in [4.78, 5) is 10.4. The van der Waals surface area contributed by atoms with Gasteiger partial charge in [-0.2, -0.15) is 0 Å². The van der Waals surface area contributed by atoms with Crippen molar-refractivity contribution in [2.45, 2.75) is 31.6 Å². The minimum atomic E-state index is -1.06. The van der Waals surface area contributed by atoms with Crippen molar-refractivity contribution in [2.24, 2.45) is 5.73 Å². The lowest BCUT2D eigenvalue weighted by molar-refractivity contribution is -0.169. The molecule has 6 nitrogen and oxygen atoms in total. The van der Waals surface area contributed by atoms with E-state index in [1.165, 1.54) is 0 Å². The van der Waals surface area contributed by atoms with Crippen molar-refractivity contribution in [3.8, 4) is 0 Å². The molecule has 0 aliphatic carbocycles. The lowest BCUT2D eigenvalue weighted by Crippen LogP contribution is -2.35. The van der Waals surface area contributed by atoms with E-state index in [1.54, 1.807) is 0 Å². The molecule has 0 bridgehead atoms. The summed E-state index contributed by atoms with van der Waals surface area (Å²) < 4.78 is 15.8. The standard InChI is InChI=1S/C10H19NO5/c11-8(10(12)13)7-14-5-6-16-9-3-1-2-4-15-9/h8-9H,1-7,11H2,(H,12,13). The third kappa shape index (κ3) is 5.41. The molecule has 0 radical (unpaired) electrons. The SMILES string of the molecule is NC(COCCOC1CCCCO1)C(=O)O. The summed E-state index contributed by atoms with van der Waals surface area (Å²) in [6.07, 6.45) is 2.99. The lowest BCUT2D eigenvalue weighted by atomic mass is 10.2. The highest BCUT2D eigenvalue weighted by molar-refractivity contribution is 5.73. The average molecular weight is 233 g/mol. The van der Waals surface area contributed by atoms with Crippen molar-refractivity contribution in [2.75, 3.05) is 26.4 Å². The molecule has 94 valence electrons. The van der Waals surface area contributed by atoms with Crippen molar-refractivity contribution in [1.82, 2.24) is 0 Å². The van der Waals surface area contributed by atoms with Crippen molar-refractivity contribution < 1.29 is 24.1 Å². The van der Waals surface area contributed by atoms with Crippen LogP contribution in [0.5, 0.6) is 0 Å². The number of aliphatic carboxylic acids is 1. The fraction of sp³-hybridized carbons (Fsp3) is 0.900. The zero-order chi connectivity index (χ0) is 11.8. The predicted octanol–water partition coefficient (Wildman–Crippen LogP) is -0.0419. The summed E-state index contributed by atoms with van der Waals surface area (Å²) in [6.45, 7) is 1.48. The minimum Gasteiger partial charge on any atom is -0.480 e. The zero-order valence-electron chi connectivity index (χ0n) is 9.26. The van der Waals surface area contributed by atoms with Gasteiger partial charge in [0.05, 0.1) is 19.8 Å². The van der Waals surface area contributed by atoms with Crippen LogP contribution < -0.4 is 5.73 Å². The first kappa shape index (κ1) is 13.4. The molecule has 1 saturated heterocycles. The zero-order valence-corrected chi connectivity index (χ0v) is 9.26. The van der Waals surface area contributed by atoms with E-state index in [4.69, 9.17) is 25.1 Å². The third-order valence-corrected chi connectivity index (χ3v) is 2.28. The molecule has 1 heterocycles. The van der Waals surface area contributed by atoms with E-state index in [1.807, 2.05) is 0 Å². The van der Waals surface area contributed by atoms with Crippen molar-refractivity contribution in [3.05, 3.63) is 0 Å². The first-order valence-electron chi connectivity index (χ1n) is 5.49. The Labute approximate surface area is 94.7 Å². The van der Waals surface area contributed by atoms with Gasteiger partial charge in [0, 0.05) is 6.61 Å². The van der Waals surface area contributed by atoms with Crippen molar-refractivity contribution >= 4 is 5.97 Å². The van der Waals surface area contributed by atoms with Gasteiger partial charge in [0.1, 0.15) is 6.04 Å². The fourth-order valence-corrected chi connectivity index (χ4v) is 1.36. The maximum absolute atomic E-state index is 10.4. The molecule has 2 atom stereocenters. The number of hydrogen-bond acceptors (Lipinski definition) is 5. The molecule has 0 saturated carbocycles. The van der Waals surface area contributed by atoms with Crippen LogP contribution in [0.3, 0.4) is 0 Å². The van der Waals surface area contributed by atoms with Gasteiger partial charge in [-0.05, 0) is 19.3 Å². The fourth-order valence-electron chi connectivity index (χ4n) is 1.36. The summed E-state index contributed by atoms with van der Waals surface area (Å²) in [5.41, 5.74) is 5.25. The number of carbonyl (C=O) groups is 1. The molecule has 0 aromatic carbocycles. The Morgan fingerprint density at radius 2 is 2.31 bits per heavy atom. The summed E-state index contributed by atoms with van der Waals surface area (Å²) in [5, 5.41) is 8.49. The number of ether oxygens (including phenoxy) is 3. The second-order valence-corrected chi connectivity index (χ2v) is 3.69. The molecule has 3 N–H and O–H groups in total. The summed E-state index contributed by atoms with van der Waals surface area (Å²) >= 11 is 0. The highest BCUT2D eigenvalue weighted by Gasteiger charge is 2.14. The second-order valence-electron chi connectivity index (χ2n) is 3.69. The number of hydrogen-bond donors (Lipinski definition) is 2. The van der Waals surface area contributed by atoms with Crippen LogP contribution in [0.2, 0.25) is 0 Å². The molecular formula is C10H19NO5. The molecule has 0 amide bonds. The van der Waals surface area contributed by atoms with Crippen LogP contribution in [0.4, 0.5) is 0 Å². The highest BCUT2D eigenvalue weighted by Crippen LogP contribution is 2.13. The summed E-state index contributed by atoms with van der Waals surface area (Å²) in [5.74, 6) is -1.06. The van der Waals surface area contributed by atoms with Gasteiger partial charge in [-0.25, -0.2) is 0 Å². The van der Waals surface area contributed by atoms with Gasteiger partial charge in [0.15, 0.2) is 6.29 Å². The molecule has 0 aromatic rings. The number of nitrogens with two attached hydrogens (primary N) is 1. The van der Waals surface area contributed by atoms with Crippen LogP contribution in [0.1, 0.15) is 19.3 Å². The van der Waals surface area contributed by atoms with E-state index in [-0.39, 0.29) is 12.9 Å². The maximum atomic E-state index is 10.4. The Morgan fingerprint density at radius 3 is 2.94 bits per heavy atom. The average Bonchev–Trinajstić information content (AvgIpc) is 2.29. The Bertz CT molecular complexity index is 205. The van der Waals surface area contributed by atoms with Gasteiger partial charge in [-0.1, -0.05) is 0 Å². The topological polar surface area (TPSA) is 91.0 Å². The first-order chi connectivity index (χ1) is 7.70. The van der Waals surface area contributed by atoms with E-state index >= 15 is 0 Å². The second kappa shape index (κ2) is 7.56.